The number of likely N-dealkylation sites (N-methyl/N-ethyl adjacent to an activating group) is 1. The van der Waals surface area contributed by atoms with Gasteiger partial charge in [-0.05, 0) is 18.6 Å². The Kier molecular flexibility index (Phi) is 3.78. The van der Waals surface area contributed by atoms with Gasteiger partial charge in [-0.3, -0.25) is 4.99 Å². The molecule has 0 aromatic heterocycles. The van der Waals surface area contributed by atoms with E-state index in [-0.39, 0.29) is 0 Å². The van der Waals surface area contributed by atoms with Crippen molar-refractivity contribution in [3.63, 3.8) is 0 Å². The summed E-state index contributed by atoms with van der Waals surface area (Å²) in [6.07, 6.45) is 0.144. The number of esters is 1. The summed E-state index contributed by atoms with van der Waals surface area (Å²) in [6.45, 7) is 1.67. The second kappa shape index (κ2) is 5.61. The Morgan fingerprint density at radius 3 is 2.86 bits per heavy atom. The summed E-state index contributed by atoms with van der Waals surface area (Å²) in [4.78, 5) is 18.5. The zero-order valence-corrected chi connectivity index (χ0v) is 12.8. The number of hydrogen-bond donors (Lipinski definition) is 1. The van der Waals surface area contributed by atoms with Gasteiger partial charge in [0.15, 0.2) is 0 Å². The number of carbonyl (C=O) groups excluding carboxylic acids is 1. The van der Waals surface area contributed by atoms with E-state index in [1.165, 1.54) is 7.11 Å². The van der Waals surface area contributed by atoms with Crippen molar-refractivity contribution in [3.05, 3.63) is 29.8 Å². The maximum atomic E-state index is 12.0. The van der Waals surface area contributed by atoms with Crippen LogP contribution in [0.5, 0.6) is 5.75 Å². The first-order chi connectivity index (χ1) is 10.6. The summed E-state index contributed by atoms with van der Waals surface area (Å²) in [5.74, 6) is 0.906. The molecule has 1 aromatic carbocycles. The lowest BCUT2D eigenvalue weighted by Crippen LogP contribution is -2.62. The molecule has 6 nitrogen and oxygen atoms in total. The van der Waals surface area contributed by atoms with Gasteiger partial charge >= 0.3 is 5.97 Å². The molecule has 1 heterocycles. The number of hydrogen-bond acceptors (Lipinski definition) is 6. The Morgan fingerprint density at radius 2 is 2.32 bits per heavy atom. The van der Waals surface area contributed by atoms with E-state index in [0.29, 0.717) is 18.6 Å². The fourth-order valence-corrected chi connectivity index (χ4v) is 2.86. The highest BCUT2D eigenvalue weighted by atomic mass is 16.6. The molecule has 3 rings (SSSR count). The van der Waals surface area contributed by atoms with Gasteiger partial charge in [-0.25, -0.2) is 4.79 Å². The van der Waals surface area contributed by atoms with Gasteiger partial charge in [-0.2, -0.15) is 0 Å². The summed E-state index contributed by atoms with van der Waals surface area (Å²) >= 11 is 0. The second-order valence-electron chi connectivity index (χ2n) is 5.69. The first kappa shape index (κ1) is 14.8. The number of aliphatic hydroxyl groups excluding tert-OH is 1. The monoisotopic (exact) mass is 304 g/mol. The van der Waals surface area contributed by atoms with Crippen molar-refractivity contribution < 1.29 is 19.4 Å². The van der Waals surface area contributed by atoms with Gasteiger partial charge in [0, 0.05) is 25.6 Å². The smallest absolute Gasteiger partial charge is 0.352 e. The molecular weight excluding hydrogens is 284 g/mol. The molecule has 0 saturated heterocycles. The Bertz CT molecular complexity index is 616. The van der Waals surface area contributed by atoms with E-state index < -0.39 is 17.7 Å². The summed E-state index contributed by atoms with van der Waals surface area (Å²) in [5.41, 5.74) is -0.345. The lowest BCUT2D eigenvalue weighted by atomic mass is 9.76. The largest absolute Gasteiger partial charge is 0.473 e. The van der Waals surface area contributed by atoms with Crippen LogP contribution in [-0.2, 0) is 9.53 Å². The van der Waals surface area contributed by atoms with Crippen LogP contribution < -0.4 is 4.74 Å². The van der Waals surface area contributed by atoms with Crippen LogP contribution in [0.15, 0.2) is 29.3 Å². The van der Waals surface area contributed by atoms with E-state index in [9.17, 15) is 9.90 Å². The van der Waals surface area contributed by atoms with Crippen molar-refractivity contribution in [1.29, 1.82) is 0 Å². The normalized spacial score (nSPS) is 27.1. The molecule has 1 saturated carbocycles. The zero-order valence-electron chi connectivity index (χ0n) is 12.8. The van der Waals surface area contributed by atoms with E-state index in [1.54, 1.807) is 6.07 Å². The van der Waals surface area contributed by atoms with Crippen LogP contribution in [0.3, 0.4) is 0 Å². The molecule has 0 radical (unpaired) electrons. The molecule has 1 aliphatic carbocycles. The molecule has 1 aromatic rings. The molecule has 2 atom stereocenters. The van der Waals surface area contributed by atoms with E-state index in [2.05, 4.69) is 9.89 Å². The Balaban J connectivity index is 1.85. The van der Waals surface area contributed by atoms with E-state index >= 15 is 0 Å². The van der Waals surface area contributed by atoms with Crippen LogP contribution in [0.4, 0.5) is 0 Å². The Morgan fingerprint density at radius 1 is 1.50 bits per heavy atom. The van der Waals surface area contributed by atoms with Crippen molar-refractivity contribution >= 4 is 11.8 Å². The summed E-state index contributed by atoms with van der Waals surface area (Å²) in [7, 11) is 3.29. The number of aliphatic hydroxyl groups is 1. The highest BCUT2D eigenvalue weighted by Gasteiger charge is 2.56. The van der Waals surface area contributed by atoms with Gasteiger partial charge in [0.25, 0.3) is 0 Å². The number of methoxy groups -OCH3 is 1. The van der Waals surface area contributed by atoms with Gasteiger partial charge < -0.3 is 19.5 Å². The van der Waals surface area contributed by atoms with Crippen LogP contribution in [-0.4, -0.2) is 60.8 Å². The number of carbonyl (C=O) groups is 1. The minimum atomic E-state index is -1.28. The van der Waals surface area contributed by atoms with Gasteiger partial charge in [0.2, 0.25) is 5.60 Å². The number of amidine groups is 1. The first-order valence-corrected chi connectivity index (χ1v) is 7.38. The lowest BCUT2D eigenvalue weighted by molar-refractivity contribution is -0.188. The van der Waals surface area contributed by atoms with Gasteiger partial charge in [0.1, 0.15) is 17.7 Å². The second-order valence-corrected chi connectivity index (χ2v) is 5.69. The summed E-state index contributed by atoms with van der Waals surface area (Å²) in [6, 6.07) is 7.43. The third-order valence-corrected chi connectivity index (χ3v) is 4.31. The minimum Gasteiger partial charge on any atom is -0.473 e. The maximum Gasteiger partial charge on any atom is 0.352 e. The van der Waals surface area contributed by atoms with E-state index in [4.69, 9.17) is 9.47 Å². The van der Waals surface area contributed by atoms with Gasteiger partial charge in [0.05, 0.1) is 13.7 Å². The highest BCUT2D eigenvalue weighted by Crippen LogP contribution is 2.38. The number of benzene rings is 1. The third kappa shape index (κ3) is 2.33. The predicted molar refractivity (Wildman–Crippen MR) is 81.1 cm³/mol. The molecule has 1 aliphatic heterocycles. The maximum absolute atomic E-state index is 12.0. The van der Waals surface area contributed by atoms with Gasteiger partial charge in [-0.1, -0.05) is 12.1 Å². The predicted octanol–water partition coefficient (Wildman–Crippen LogP) is 0.824. The highest BCUT2D eigenvalue weighted by molar-refractivity contribution is 5.99. The van der Waals surface area contributed by atoms with Crippen molar-refractivity contribution in [3.8, 4) is 5.75 Å². The third-order valence-electron chi connectivity index (χ3n) is 4.31. The first-order valence-electron chi connectivity index (χ1n) is 7.38. The molecule has 22 heavy (non-hydrogen) atoms. The van der Waals surface area contributed by atoms with Crippen LogP contribution >= 0.6 is 0 Å². The van der Waals surface area contributed by atoms with E-state index in [1.807, 2.05) is 25.2 Å². The molecule has 6 heteroatoms. The summed E-state index contributed by atoms with van der Waals surface area (Å²) in [5, 5.41) is 9.99. The van der Waals surface area contributed by atoms with E-state index in [0.717, 1.165) is 24.5 Å². The average Bonchev–Trinajstić information content (AvgIpc) is 2.96. The molecule has 2 aliphatic rings. The topological polar surface area (TPSA) is 71.4 Å². The number of rotatable bonds is 4. The zero-order chi connectivity index (χ0) is 15.7. The van der Waals surface area contributed by atoms with Crippen molar-refractivity contribution in [2.45, 2.75) is 24.5 Å². The quantitative estimate of drug-likeness (QED) is 0.834. The Hall–Kier alpha value is -2.08. The van der Waals surface area contributed by atoms with Crippen LogP contribution in [0.25, 0.3) is 0 Å². The van der Waals surface area contributed by atoms with Crippen molar-refractivity contribution in [2.75, 3.05) is 27.2 Å². The SMILES string of the molecule is COC(=O)C1(Oc2cccc(C3=NCCN3C)c2)CCC1O. The molecular formula is C16H20N2O4. The minimum absolute atomic E-state index is 0.450. The van der Waals surface area contributed by atoms with Crippen molar-refractivity contribution in [2.24, 2.45) is 4.99 Å². The lowest BCUT2D eigenvalue weighted by Gasteiger charge is -2.43. The van der Waals surface area contributed by atoms with Crippen LogP contribution in [0.1, 0.15) is 18.4 Å². The molecule has 0 spiro atoms. The molecule has 1 fully saturated rings. The number of nitrogens with zero attached hydrogens (tertiary/aromatic N) is 2. The standard InChI is InChI=1S/C16H20N2O4/c1-18-9-8-17-14(18)11-4-3-5-12(10-11)22-16(15(20)21-2)7-6-13(16)19/h3-5,10,13,19H,6-9H2,1-2H3. The number of ether oxygens (including phenoxy) is 2. The molecule has 1 N–H and O–H groups in total. The molecule has 118 valence electrons. The van der Waals surface area contributed by atoms with Crippen molar-refractivity contribution in [1.82, 2.24) is 4.90 Å². The molecule has 0 bridgehead atoms. The molecule has 2 unspecified atom stereocenters. The average molecular weight is 304 g/mol. The molecule has 0 amide bonds. The van der Waals surface area contributed by atoms with Crippen LogP contribution in [0.2, 0.25) is 0 Å². The fraction of sp³-hybridized carbons (Fsp3) is 0.500. The fourth-order valence-electron chi connectivity index (χ4n) is 2.86. The van der Waals surface area contributed by atoms with Gasteiger partial charge in [-0.15, -0.1) is 0 Å². The Labute approximate surface area is 129 Å². The summed E-state index contributed by atoms with van der Waals surface area (Å²) < 4.78 is 10.6. The van der Waals surface area contributed by atoms with Crippen LogP contribution in [0, 0.1) is 0 Å². The number of aliphatic imine (C=N–C) groups is 1.